The van der Waals surface area contributed by atoms with Crippen LogP contribution in [0, 0.1) is 6.92 Å². The minimum atomic E-state index is -3.08. The van der Waals surface area contributed by atoms with E-state index in [9.17, 15) is 13.2 Å². The highest BCUT2D eigenvalue weighted by atomic mass is 32.2. The van der Waals surface area contributed by atoms with Gasteiger partial charge in [0.1, 0.15) is 21.2 Å². The highest BCUT2D eigenvalue weighted by Crippen LogP contribution is 2.20. The second kappa shape index (κ2) is 5.49. The first-order valence-corrected chi connectivity index (χ1v) is 7.95. The Balaban J connectivity index is 2.37. The molecule has 0 aliphatic heterocycles. The molecular formula is C12H14N4O3S. The van der Waals surface area contributed by atoms with Gasteiger partial charge in [-0.3, -0.25) is 19.4 Å². The smallest absolute Gasteiger partial charge is 0.153 e. The predicted octanol–water partition coefficient (Wildman–Crippen LogP) is 0.506. The molecule has 0 radical (unpaired) electrons. The fraction of sp³-hybridized carbons (Fsp3) is 0.333. The number of carbonyl (C=O) groups excluding carboxylic acids is 1. The molecule has 8 heteroatoms. The van der Waals surface area contributed by atoms with Crippen molar-refractivity contribution in [1.29, 1.82) is 0 Å². The van der Waals surface area contributed by atoms with E-state index in [1.54, 1.807) is 13.1 Å². The quantitative estimate of drug-likeness (QED) is 0.745. The van der Waals surface area contributed by atoms with E-state index in [1.807, 2.05) is 0 Å². The van der Waals surface area contributed by atoms with E-state index in [4.69, 9.17) is 0 Å². The van der Waals surface area contributed by atoms with Gasteiger partial charge in [0.15, 0.2) is 6.29 Å². The average Bonchev–Trinajstić information content (AvgIpc) is 2.79. The lowest BCUT2D eigenvalue weighted by Gasteiger charge is -2.01. The number of rotatable bonds is 5. The monoisotopic (exact) mass is 294 g/mol. The zero-order valence-electron chi connectivity index (χ0n) is 11.1. The van der Waals surface area contributed by atoms with Crippen molar-refractivity contribution in [3.8, 4) is 11.4 Å². The van der Waals surface area contributed by atoms with E-state index in [2.05, 4.69) is 15.1 Å². The molecule has 2 aromatic heterocycles. The summed E-state index contributed by atoms with van der Waals surface area (Å²) >= 11 is 0. The summed E-state index contributed by atoms with van der Waals surface area (Å²) in [5.74, 6) is -0.0358. The normalized spacial score (nSPS) is 11.5. The molecule has 0 N–H and O–H groups in total. The van der Waals surface area contributed by atoms with Crippen LogP contribution in [0.2, 0.25) is 0 Å². The van der Waals surface area contributed by atoms with Gasteiger partial charge in [0.05, 0.1) is 23.6 Å². The number of aromatic nitrogens is 4. The van der Waals surface area contributed by atoms with E-state index in [-0.39, 0.29) is 12.3 Å². The van der Waals surface area contributed by atoms with Crippen molar-refractivity contribution in [2.75, 3.05) is 12.0 Å². The van der Waals surface area contributed by atoms with Crippen LogP contribution in [0.5, 0.6) is 0 Å². The average molecular weight is 294 g/mol. The Morgan fingerprint density at radius 3 is 2.55 bits per heavy atom. The largest absolute Gasteiger partial charge is 0.298 e. The molecule has 0 unspecified atom stereocenters. The highest BCUT2D eigenvalue weighted by molar-refractivity contribution is 7.90. The Bertz CT molecular complexity index is 737. The molecule has 0 bridgehead atoms. The molecule has 2 rings (SSSR count). The molecule has 2 heterocycles. The molecule has 0 aliphatic rings. The van der Waals surface area contributed by atoms with Gasteiger partial charge in [-0.1, -0.05) is 0 Å². The van der Waals surface area contributed by atoms with Crippen LogP contribution in [-0.2, 0) is 16.4 Å². The lowest BCUT2D eigenvalue weighted by atomic mass is 10.2. The van der Waals surface area contributed by atoms with E-state index < -0.39 is 9.84 Å². The van der Waals surface area contributed by atoms with Crippen LogP contribution in [0.3, 0.4) is 0 Å². The maximum atomic E-state index is 11.2. The predicted molar refractivity (Wildman–Crippen MR) is 73.1 cm³/mol. The molecular weight excluding hydrogens is 280 g/mol. The van der Waals surface area contributed by atoms with Gasteiger partial charge in [0.2, 0.25) is 0 Å². The van der Waals surface area contributed by atoms with Crippen LogP contribution >= 0.6 is 0 Å². The zero-order chi connectivity index (χ0) is 14.8. The molecule has 0 saturated carbocycles. The Hall–Kier alpha value is -2.09. The van der Waals surface area contributed by atoms with Crippen LogP contribution in [0.1, 0.15) is 16.1 Å². The third-order valence-corrected chi connectivity index (χ3v) is 3.64. The number of sulfone groups is 1. The number of hydrogen-bond acceptors (Lipinski definition) is 6. The minimum absolute atomic E-state index is 0.0358. The van der Waals surface area contributed by atoms with Crippen molar-refractivity contribution in [1.82, 2.24) is 19.7 Å². The van der Waals surface area contributed by atoms with Crippen LogP contribution in [0.4, 0.5) is 0 Å². The molecule has 106 valence electrons. The zero-order valence-corrected chi connectivity index (χ0v) is 12.0. The van der Waals surface area contributed by atoms with Crippen molar-refractivity contribution in [3.05, 3.63) is 29.8 Å². The van der Waals surface area contributed by atoms with Crippen molar-refractivity contribution in [3.63, 3.8) is 0 Å². The number of hydrogen-bond donors (Lipinski definition) is 0. The Labute approximate surface area is 116 Å². The summed E-state index contributed by atoms with van der Waals surface area (Å²) in [6, 6.07) is 0. The molecule has 0 fully saturated rings. The second-order valence-corrected chi connectivity index (χ2v) is 6.69. The van der Waals surface area contributed by atoms with Crippen LogP contribution in [0.25, 0.3) is 11.4 Å². The number of aryl methyl sites for hydroxylation is 2. The van der Waals surface area contributed by atoms with Crippen molar-refractivity contribution in [2.45, 2.75) is 13.5 Å². The van der Waals surface area contributed by atoms with Crippen LogP contribution < -0.4 is 0 Å². The summed E-state index contributed by atoms with van der Waals surface area (Å²) in [5.41, 5.74) is 1.96. The van der Waals surface area contributed by atoms with E-state index >= 15 is 0 Å². The number of carbonyl (C=O) groups is 1. The van der Waals surface area contributed by atoms with Gasteiger partial charge in [-0.05, 0) is 6.92 Å². The van der Waals surface area contributed by atoms with Gasteiger partial charge >= 0.3 is 0 Å². The first-order valence-electron chi connectivity index (χ1n) is 5.89. The Kier molecular flexibility index (Phi) is 3.93. The Morgan fingerprint density at radius 1 is 1.25 bits per heavy atom. The summed E-state index contributed by atoms with van der Waals surface area (Å²) in [7, 11) is -3.08. The van der Waals surface area contributed by atoms with E-state index in [0.717, 1.165) is 6.26 Å². The third kappa shape index (κ3) is 3.27. The van der Waals surface area contributed by atoms with Gasteiger partial charge in [-0.25, -0.2) is 8.42 Å². The standard InChI is InChI=1S/C12H14N4O3S/c1-9-11(14-4-3-13-9)12-10(8-17)7-16(15-12)5-6-20(2,18)19/h3-4,7-8H,5-6H2,1-2H3. The fourth-order valence-electron chi connectivity index (χ4n) is 1.72. The molecule has 0 aromatic carbocycles. The van der Waals surface area contributed by atoms with Crippen molar-refractivity contribution < 1.29 is 13.2 Å². The van der Waals surface area contributed by atoms with Crippen LogP contribution in [-0.4, -0.2) is 46.5 Å². The maximum Gasteiger partial charge on any atom is 0.153 e. The maximum absolute atomic E-state index is 11.2. The fourth-order valence-corrected chi connectivity index (χ4v) is 2.24. The van der Waals surface area contributed by atoms with Crippen LogP contribution in [0.15, 0.2) is 18.6 Å². The highest BCUT2D eigenvalue weighted by Gasteiger charge is 2.15. The van der Waals surface area contributed by atoms with Crippen molar-refractivity contribution >= 4 is 16.1 Å². The van der Waals surface area contributed by atoms with E-state index in [0.29, 0.717) is 28.9 Å². The molecule has 0 spiro atoms. The van der Waals surface area contributed by atoms with Gasteiger partial charge < -0.3 is 0 Å². The Morgan fingerprint density at radius 2 is 1.95 bits per heavy atom. The number of nitrogens with zero attached hydrogens (tertiary/aromatic N) is 4. The topological polar surface area (TPSA) is 94.8 Å². The third-order valence-electron chi connectivity index (χ3n) is 2.71. The molecule has 0 aliphatic carbocycles. The molecule has 0 amide bonds. The summed E-state index contributed by atoms with van der Waals surface area (Å²) < 4.78 is 23.8. The molecule has 7 nitrogen and oxygen atoms in total. The molecule has 2 aromatic rings. The summed E-state index contributed by atoms with van der Waals surface area (Å²) in [6.07, 6.45) is 6.42. The lowest BCUT2D eigenvalue weighted by Crippen LogP contribution is -2.11. The minimum Gasteiger partial charge on any atom is -0.298 e. The second-order valence-electron chi connectivity index (χ2n) is 4.43. The molecule has 20 heavy (non-hydrogen) atoms. The number of aldehydes is 1. The molecule has 0 saturated heterocycles. The first-order chi connectivity index (χ1) is 9.40. The lowest BCUT2D eigenvalue weighted by molar-refractivity contribution is 0.112. The summed E-state index contributed by atoms with van der Waals surface area (Å²) in [6.45, 7) is 1.96. The van der Waals surface area contributed by atoms with Gasteiger partial charge in [0, 0.05) is 24.8 Å². The van der Waals surface area contributed by atoms with Gasteiger partial charge in [-0.2, -0.15) is 5.10 Å². The summed E-state index contributed by atoms with van der Waals surface area (Å²) in [5, 5.41) is 4.23. The SMILES string of the molecule is Cc1nccnc1-c1nn(CCS(C)(=O)=O)cc1C=O. The van der Waals surface area contributed by atoms with Gasteiger partial charge in [0.25, 0.3) is 0 Å². The summed E-state index contributed by atoms with van der Waals surface area (Å²) in [4.78, 5) is 19.4. The van der Waals surface area contributed by atoms with E-state index in [1.165, 1.54) is 17.1 Å². The van der Waals surface area contributed by atoms with Crippen molar-refractivity contribution in [2.24, 2.45) is 0 Å². The molecule has 0 atom stereocenters. The first kappa shape index (κ1) is 14.3. The van der Waals surface area contributed by atoms with Gasteiger partial charge in [-0.15, -0.1) is 0 Å².